The van der Waals surface area contributed by atoms with Crippen molar-refractivity contribution < 1.29 is 44.2 Å². The fourth-order valence-corrected chi connectivity index (χ4v) is 1.06. The van der Waals surface area contributed by atoms with Crippen LogP contribution in [0.15, 0.2) is 30.3 Å². The molecule has 72 valence electrons. The zero-order chi connectivity index (χ0) is 6.81. The van der Waals surface area contributed by atoms with Crippen molar-refractivity contribution in [3.8, 4) is 5.75 Å². The Labute approximate surface area is 98.2 Å². The summed E-state index contributed by atoms with van der Waals surface area (Å²) in [5, 5.41) is 0. The van der Waals surface area contributed by atoms with Crippen molar-refractivity contribution in [2.75, 3.05) is 6.61 Å². The van der Waals surface area contributed by atoms with Gasteiger partial charge in [0.05, 0.1) is 0 Å². The molecule has 1 aromatic carbocycles. The molecule has 0 bridgehead atoms. The average molecular weight is 393 g/mol. The Balaban J connectivity index is 0.000000605. The van der Waals surface area contributed by atoms with Gasteiger partial charge in [-0.15, -0.1) is 0 Å². The van der Waals surface area contributed by atoms with Gasteiger partial charge in [0.25, 0.3) is 0 Å². The van der Waals surface area contributed by atoms with Crippen molar-refractivity contribution in [1.29, 1.82) is 0 Å². The summed E-state index contributed by atoms with van der Waals surface area (Å²) in [6.45, 7) is 0.705. The summed E-state index contributed by atoms with van der Waals surface area (Å²) >= 11 is 0. The van der Waals surface area contributed by atoms with Crippen LogP contribution in [0.25, 0.3) is 6.08 Å². The van der Waals surface area contributed by atoms with E-state index < -0.39 is 0 Å². The minimum absolute atomic E-state index is 0. The largest absolute Gasteiger partial charge is 0.489 e. The summed E-state index contributed by atoms with van der Waals surface area (Å²) in [4.78, 5) is 0. The van der Waals surface area contributed by atoms with Gasteiger partial charge in [-0.3, -0.25) is 0 Å². The molecule has 0 N–H and O–H groups in total. The molecule has 1 aliphatic rings. The molecule has 0 saturated carbocycles. The molecule has 0 atom stereocenters. The third-order valence-electron chi connectivity index (χ3n) is 1.55. The summed E-state index contributed by atoms with van der Waals surface area (Å²) in [5.41, 5.74) is 1.17. The molecule has 0 amide bonds. The first-order valence-electron chi connectivity index (χ1n) is 3.35. The zero-order valence-electron chi connectivity index (χ0n) is 6.18. The fourth-order valence-electron chi connectivity index (χ4n) is 1.06. The van der Waals surface area contributed by atoms with Crippen LogP contribution in [-0.2, 0) is 39.4 Å². The Bertz CT molecular complexity index is 273. The Morgan fingerprint density at radius 3 is 2.67 bits per heavy atom. The molecule has 0 saturated heterocycles. The van der Waals surface area contributed by atoms with Gasteiger partial charge in [0.15, 0.2) is 0 Å². The van der Waals surface area contributed by atoms with Gasteiger partial charge in [-0.05, 0) is 12.1 Å². The smallest absolute Gasteiger partial charge is 0.126 e. The van der Waals surface area contributed by atoms with Crippen LogP contribution < -0.4 is 4.74 Å². The van der Waals surface area contributed by atoms with Crippen molar-refractivity contribution in [1.82, 2.24) is 0 Å². The number of rotatable bonds is 0. The third kappa shape index (κ3) is 2.51. The van der Waals surface area contributed by atoms with Crippen molar-refractivity contribution in [3.05, 3.63) is 35.9 Å². The SMILES string of the molecule is C1=Cc2ccccc2OC1.[Au].[Cu]. The Hall–Kier alpha value is 0.0197. The predicted molar refractivity (Wildman–Crippen MR) is 41.0 cm³/mol. The van der Waals surface area contributed by atoms with Crippen LogP contribution in [0.3, 0.4) is 0 Å². The van der Waals surface area contributed by atoms with Crippen LogP contribution in [0.2, 0.25) is 0 Å². The number of hydrogen-bond acceptors (Lipinski definition) is 1. The van der Waals surface area contributed by atoms with Crippen molar-refractivity contribution >= 4 is 6.08 Å². The molecule has 3 heteroatoms. The van der Waals surface area contributed by atoms with Gasteiger partial charge in [0, 0.05) is 45.0 Å². The van der Waals surface area contributed by atoms with Gasteiger partial charge in [0.1, 0.15) is 12.4 Å². The molecule has 0 aromatic heterocycles. The second-order valence-corrected chi connectivity index (χ2v) is 2.25. The maximum Gasteiger partial charge on any atom is 0.126 e. The van der Waals surface area contributed by atoms with E-state index in [1.54, 1.807) is 0 Å². The summed E-state index contributed by atoms with van der Waals surface area (Å²) in [6, 6.07) is 8.03. The van der Waals surface area contributed by atoms with E-state index in [2.05, 4.69) is 6.08 Å². The molecule has 1 aliphatic heterocycles. The second kappa shape index (κ2) is 5.63. The summed E-state index contributed by atoms with van der Waals surface area (Å²) in [5.74, 6) is 0.991. The first kappa shape index (κ1) is 12.0. The summed E-state index contributed by atoms with van der Waals surface area (Å²) < 4.78 is 5.34. The van der Waals surface area contributed by atoms with E-state index >= 15 is 0 Å². The van der Waals surface area contributed by atoms with Crippen molar-refractivity contribution in [3.63, 3.8) is 0 Å². The fraction of sp³-hybridized carbons (Fsp3) is 0.111. The monoisotopic (exact) mass is 392 g/mol. The van der Waals surface area contributed by atoms with Crippen LogP contribution >= 0.6 is 0 Å². The van der Waals surface area contributed by atoms with E-state index in [1.807, 2.05) is 30.3 Å². The van der Waals surface area contributed by atoms with Crippen LogP contribution in [0.4, 0.5) is 0 Å². The zero-order valence-corrected chi connectivity index (χ0v) is 9.29. The van der Waals surface area contributed by atoms with Gasteiger partial charge in [0.2, 0.25) is 0 Å². The molecule has 0 spiro atoms. The molecule has 1 nitrogen and oxygen atoms in total. The van der Waals surface area contributed by atoms with E-state index in [9.17, 15) is 0 Å². The van der Waals surface area contributed by atoms with E-state index in [-0.39, 0.29) is 39.4 Å². The second-order valence-electron chi connectivity index (χ2n) is 2.25. The van der Waals surface area contributed by atoms with Gasteiger partial charge in [-0.1, -0.05) is 24.3 Å². The molecule has 1 aromatic rings. The minimum atomic E-state index is 0. The van der Waals surface area contributed by atoms with Crippen LogP contribution in [0.1, 0.15) is 5.56 Å². The number of hydrogen-bond donors (Lipinski definition) is 0. The molecule has 0 fully saturated rings. The van der Waals surface area contributed by atoms with Crippen LogP contribution in [-0.4, -0.2) is 6.61 Å². The third-order valence-corrected chi connectivity index (χ3v) is 1.55. The van der Waals surface area contributed by atoms with Gasteiger partial charge in [-0.25, -0.2) is 0 Å². The number of para-hydroxylation sites is 1. The molecule has 2 rings (SSSR count). The summed E-state index contributed by atoms with van der Waals surface area (Å²) in [7, 11) is 0. The van der Waals surface area contributed by atoms with Gasteiger partial charge < -0.3 is 4.74 Å². The predicted octanol–water partition coefficient (Wildman–Crippen LogP) is 2.09. The maximum absolute atomic E-state index is 5.34. The first-order chi connectivity index (χ1) is 4.97. The number of ether oxygens (including phenoxy) is 1. The van der Waals surface area contributed by atoms with E-state index in [0.29, 0.717) is 6.61 Å². The number of fused-ring (bicyclic) bond motifs is 1. The van der Waals surface area contributed by atoms with Crippen molar-refractivity contribution in [2.24, 2.45) is 0 Å². The maximum atomic E-state index is 5.34. The molecule has 1 heterocycles. The van der Waals surface area contributed by atoms with Gasteiger partial charge in [-0.2, -0.15) is 0 Å². The molecule has 0 aliphatic carbocycles. The molecule has 12 heavy (non-hydrogen) atoms. The molecule has 0 unspecified atom stereocenters. The Morgan fingerprint density at radius 2 is 1.92 bits per heavy atom. The Kier molecular flexibility index (Phi) is 5.64. The quantitative estimate of drug-likeness (QED) is 0.615. The minimum Gasteiger partial charge on any atom is -0.489 e. The van der Waals surface area contributed by atoms with Crippen LogP contribution in [0.5, 0.6) is 5.75 Å². The van der Waals surface area contributed by atoms with E-state index in [0.717, 1.165) is 5.75 Å². The van der Waals surface area contributed by atoms with Crippen LogP contribution in [0, 0.1) is 0 Å². The molecular weight excluding hydrogens is 385 g/mol. The average Bonchev–Trinajstić information content (AvgIpc) is 2.05. The summed E-state index contributed by atoms with van der Waals surface area (Å²) in [6.07, 6.45) is 4.10. The molecule has 2 radical (unpaired) electrons. The number of benzene rings is 1. The normalized spacial score (nSPS) is 11.7. The van der Waals surface area contributed by atoms with Gasteiger partial charge >= 0.3 is 0 Å². The Morgan fingerprint density at radius 1 is 1.17 bits per heavy atom. The van der Waals surface area contributed by atoms with E-state index in [4.69, 9.17) is 4.74 Å². The standard InChI is InChI=1S/C9H8O.Au.Cu/c1-2-6-9-8(4-1)5-3-7-10-9;;/h1-6H,7H2;;. The topological polar surface area (TPSA) is 9.23 Å². The first-order valence-corrected chi connectivity index (χ1v) is 3.35. The molecular formula is C9H8AuCuO. The van der Waals surface area contributed by atoms with Crippen molar-refractivity contribution in [2.45, 2.75) is 0 Å². The van der Waals surface area contributed by atoms with E-state index in [1.165, 1.54) is 5.56 Å².